The smallest absolute Gasteiger partial charge is 0.365 e. The van der Waals surface area contributed by atoms with E-state index in [1.165, 1.54) is 35.6 Å². The number of benzene rings is 2. The molecular weight excluding hydrogens is 456 g/mol. The van der Waals surface area contributed by atoms with Gasteiger partial charge in [-0.25, -0.2) is 13.6 Å². The summed E-state index contributed by atoms with van der Waals surface area (Å²) in [5, 5.41) is 1.89. The molecule has 4 nitrogen and oxygen atoms in total. The summed E-state index contributed by atoms with van der Waals surface area (Å²) < 4.78 is 33.6. The number of thiophene rings is 1. The predicted molar refractivity (Wildman–Crippen MR) is 125 cm³/mol. The van der Waals surface area contributed by atoms with Crippen molar-refractivity contribution in [2.45, 2.75) is 31.4 Å². The number of piperidine rings is 3. The van der Waals surface area contributed by atoms with E-state index in [1.807, 2.05) is 17.5 Å². The van der Waals surface area contributed by atoms with Crippen LogP contribution in [0.15, 0.2) is 66.0 Å². The molecule has 176 valence electrons. The first kappa shape index (κ1) is 22.9. The van der Waals surface area contributed by atoms with Crippen molar-refractivity contribution in [1.29, 1.82) is 0 Å². The molecule has 34 heavy (non-hydrogen) atoms. The monoisotopic (exact) mass is 482 g/mol. The third-order valence-electron chi connectivity index (χ3n) is 7.29. The molecule has 3 aliphatic rings. The van der Waals surface area contributed by atoms with Crippen molar-refractivity contribution in [2.24, 2.45) is 5.92 Å². The van der Waals surface area contributed by atoms with E-state index < -0.39 is 12.1 Å². The summed E-state index contributed by atoms with van der Waals surface area (Å²) in [7, 11) is 0. The van der Waals surface area contributed by atoms with Crippen LogP contribution in [0.5, 0.6) is 0 Å². The molecule has 0 saturated carbocycles. The molecule has 0 aliphatic carbocycles. The summed E-state index contributed by atoms with van der Waals surface area (Å²) in [4.78, 5) is 27.4. The van der Waals surface area contributed by atoms with E-state index in [4.69, 9.17) is 4.74 Å². The van der Waals surface area contributed by atoms with Crippen molar-refractivity contribution in [3.05, 3.63) is 93.7 Å². The standard InChI is InChI=1S/C27H26F2NO3S/c28-21-7-3-19(4-8-21)26(20-5-9-22(29)10-6-20)33-27(32)23-16-18-11-13-30(23,14-12-18)17-24(31)25-2-1-15-34-25/h1-10,15,18,23,26H,11-14,16-17H2/q+1. The molecule has 3 aromatic rings. The summed E-state index contributed by atoms with van der Waals surface area (Å²) in [5.41, 5.74) is 1.22. The van der Waals surface area contributed by atoms with E-state index in [2.05, 4.69) is 0 Å². The maximum atomic E-state index is 13.7. The van der Waals surface area contributed by atoms with Gasteiger partial charge in [0.2, 0.25) is 5.78 Å². The summed E-state index contributed by atoms with van der Waals surface area (Å²) in [6.45, 7) is 1.84. The van der Waals surface area contributed by atoms with Crippen LogP contribution in [-0.4, -0.2) is 41.9 Å². The zero-order valence-electron chi connectivity index (χ0n) is 18.7. The highest BCUT2D eigenvalue weighted by molar-refractivity contribution is 7.12. The number of nitrogens with zero attached hydrogens (tertiary/aromatic N) is 1. The third kappa shape index (κ3) is 4.55. The van der Waals surface area contributed by atoms with E-state index >= 15 is 0 Å². The van der Waals surface area contributed by atoms with Gasteiger partial charge < -0.3 is 9.22 Å². The third-order valence-corrected chi connectivity index (χ3v) is 8.20. The van der Waals surface area contributed by atoms with Gasteiger partial charge in [-0.3, -0.25) is 4.79 Å². The van der Waals surface area contributed by atoms with Crippen molar-refractivity contribution in [3.8, 4) is 0 Å². The number of rotatable bonds is 7. The number of fused-ring (bicyclic) bond motifs is 3. The van der Waals surface area contributed by atoms with Crippen molar-refractivity contribution in [1.82, 2.24) is 0 Å². The van der Waals surface area contributed by atoms with Gasteiger partial charge in [-0.15, -0.1) is 11.3 Å². The van der Waals surface area contributed by atoms with E-state index in [0.29, 0.717) is 32.8 Å². The number of carbonyl (C=O) groups excluding carboxylic acids is 2. The Kier molecular flexibility index (Phi) is 6.32. The first-order valence-corrected chi connectivity index (χ1v) is 12.5. The molecule has 6 rings (SSSR count). The largest absolute Gasteiger partial charge is 0.448 e. The summed E-state index contributed by atoms with van der Waals surface area (Å²) >= 11 is 1.42. The normalized spacial score (nSPS) is 23.7. The lowest BCUT2D eigenvalue weighted by Gasteiger charge is -2.52. The van der Waals surface area contributed by atoms with Gasteiger partial charge in [0.1, 0.15) is 18.2 Å². The number of carbonyl (C=O) groups is 2. The van der Waals surface area contributed by atoms with Crippen LogP contribution in [0.1, 0.15) is 46.2 Å². The van der Waals surface area contributed by atoms with Gasteiger partial charge in [-0.05, 0) is 65.6 Å². The van der Waals surface area contributed by atoms with Crippen LogP contribution < -0.4 is 0 Å². The van der Waals surface area contributed by atoms with Crippen molar-refractivity contribution in [2.75, 3.05) is 19.6 Å². The van der Waals surface area contributed by atoms with E-state index in [9.17, 15) is 18.4 Å². The first-order chi connectivity index (χ1) is 16.4. The molecule has 0 spiro atoms. The van der Waals surface area contributed by atoms with Gasteiger partial charge in [-0.1, -0.05) is 30.3 Å². The minimum Gasteiger partial charge on any atom is -0.448 e. The second-order valence-corrected chi connectivity index (χ2v) is 10.3. The molecule has 1 unspecified atom stereocenters. The minimum atomic E-state index is -0.789. The summed E-state index contributed by atoms with van der Waals surface area (Å²) in [6.07, 6.45) is 1.90. The Hall–Kier alpha value is -2.90. The number of ether oxygens (including phenoxy) is 1. The van der Waals surface area contributed by atoms with Gasteiger partial charge >= 0.3 is 5.97 Å². The molecule has 3 aliphatic heterocycles. The number of hydrogen-bond acceptors (Lipinski definition) is 4. The van der Waals surface area contributed by atoms with E-state index in [0.717, 1.165) is 25.9 Å². The highest BCUT2D eigenvalue weighted by Crippen LogP contribution is 2.40. The van der Waals surface area contributed by atoms with Crippen LogP contribution in [0.25, 0.3) is 0 Å². The van der Waals surface area contributed by atoms with Crippen LogP contribution in [0.2, 0.25) is 0 Å². The zero-order valence-corrected chi connectivity index (χ0v) is 19.5. The number of Topliss-reactive ketones (excluding diaryl/α,β-unsaturated/α-hetero) is 1. The molecular formula is C27H26F2NO3S+. The fraction of sp³-hybridized carbons (Fsp3) is 0.333. The molecule has 1 atom stereocenters. The highest BCUT2D eigenvalue weighted by atomic mass is 32.1. The van der Waals surface area contributed by atoms with Crippen molar-refractivity contribution < 1.29 is 27.6 Å². The van der Waals surface area contributed by atoms with Gasteiger partial charge in [0, 0.05) is 6.42 Å². The Morgan fingerprint density at radius 2 is 1.53 bits per heavy atom. The van der Waals surface area contributed by atoms with Crippen LogP contribution in [-0.2, 0) is 9.53 Å². The van der Waals surface area contributed by atoms with Gasteiger partial charge in [-0.2, -0.15) is 0 Å². The second kappa shape index (κ2) is 9.39. The summed E-state index contributed by atoms with van der Waals surface area (Å²) in [6, 6.07) is 14.8. The topological polar surface area (TPSA) is 43.4 Å². The molecule has 7 heteroatoms. The highest BCUT2D eigenvalue weighted by Gasteiger charge is 2.53. The maximum absolute atomic E-state index is 13.7. The van der Waals surface area contributed by atoms with Crippen molar-refractivity contribution in [3.63, 3.8) is 0 Å². The van der Waals surface area contributed by atoms with Gasteiger partial charge in [0.15, 0.2) is 12.1 Å². The average molecular weight is 483 g/mol. The summed E-state index contributed by atoms with van der Waals surface area (Å²) in [5.74, 6) is -0.631. The Morgan fingerprint density at radius 3 is 2.06 bits per heavy atom. The molecule has 3 saturated heterocycles. The van der Waals surface area contributed by atoms with E-state index in [-0.39, 0.29) is 29.9 Å². The fourth-order valence-corrected chi connectivity index (χ4v) is 6.07. The number of quaternary nitrogens is 1. The number of ketones is 1. The molecule has 2 bridgehead atoms. The molecule has 0 N–H and O–H groups in total. The molecule has 4 heterocycles. The van der Waals surface area contributed by atoms with Crippen LogP contribution >= 0.6 is 11.3 Å². The second-order valence-electron chi connectivity index (χ2n) is 9.34. The van der Waals surface area contributed by atoms with Crippen LogP contribution in [0.4, 0.5) is 8.78 Å². The van der Waals surface area contributed by atoms with Gasteiger partial charge in [0.05, 0.1) is 18.0 Å². The molecule has 3 fully saturated rings. The number of halogens is 2. The maximum Gasteiger partial charge on any atom is 0.365 e. The fourth-order valence-electron chi connectivity index (χ4n) is 5.41. The number of hydrogen-bond donors (Lipinski definition) is 0. The Morgan fingerprint density at radius 1 is 0.941 bits per heavy atom. The lowest BCUT2D eigenvalue weighted by atomic mass is 9.80. The Bertz CT molecular complexity index is 1110. The first-order valence-electron chi connectivity index (χ1n) is 11.6. The Labute approximate surface area is 201 Å². The van der Waals surface area contributed by atoms with Gasteiger partial charge in [0.25, 0.3) is 0 Å². The molecule has 2 aromatic carbocycles. The lowest BCUT2D eigenvalue weighted by molar-refractivity contribution is -0.950. The van der Waals surface area contributed by atoms with Crippen LogP contribution in [0.3, 0.4) is 0 Å². The Balaban J connectivity index is 1.43. The molecule has 0 amide bonds. The molecule has 0 radical (unpaired) electrons. The predicted octanol–water partition coefficient (Wildman–Crippen LogP) is 5.54. The minimum absolute atomic E-state index is 0.0572. The van der Waals surface area contributed by atoms with Crippen molar-refractivity contribution >= 4 is 23.1 Å². The van der Waals surface area contributed by atoms with E-state index in [1.54, 1.807) is 24.3 Å². The SMILES string of the molecule is O=C(C[N+]12CCC(CC1)CC2C(=O)OC(c1ccc(F)cc1)c1ccc(F)cc1)c1cccs1. The lowest BCUT2D eigenvalue weighted by Crippen LogP contribution is -2.68. The molecule has 1 aromatic heterocycles. The number of esters is 1. The quantitative estimate of drug-likeness (QED) is 0.252. The average Bonchev–Trinajstić information content (AvgIpc) is 3.40. The zero-order chi connectivity index (χ0) is 23.7. The van der Waals surface area contributed by atoms with Crippen LogP contribution in [0, 0.1) is 17.6 Å².